The first-order chi connectivity index (χ1) is 13.7. The highest BCUT2D eigenvalue weighted by atomic mass is 16.5. The van der Waals surface area contributed by atoms with Crippen molar-refractivity contribution in [3.8, 4) is 11.3 Å². The van der Waals surface area contributed by atoms with E-state index in [1.54, 1.807) is 5.48 Å². The van der Waals surface area contributed by atoms with Crippen LogP contribution in [0.15, 0.2) is 48.8 Å². The average molecular weight is 380 g/mol. The van der Waals surface area contributed by atoms with E-state index in [-0.39, 0.29) is 5.91 Å². The number of hydrogen-bond donors (Lipinski definition) is 3. The van der Waals surface area contributed by atoms with Gasteiger partial charge in [0.15, 0.2) is 0 Å². The second-order valence-electron chi connectivity index (χ2n) is 6.96. The summed E-state index contributed by atoms with van der Waals surface area (Å²) in [6.45, 7) is 4.05. The molecule has 3 rings (SSSR count). The number of aromatic nitrogens is 2. The molecule has 6 nitrogen and oxygen atoms in total. The molecule has 0 saturated carbocycles. The molecular formula is C22H28N4O2. The molecular weight excluding hydrogens is 352 g/mol. The van der Waals surface area contributed by atoms with Crippen LogP contribution in [0.25, 0.3) is 22.2 Å². The van der Waals surface area contributed by atoms with Gasteiger partial charge in [0, 0.05) is 36.8 Å². The zero-order valence-corrected chi connectivity index (χ0v) is 16.3. The van der Waals surface area contributed by atoms with E-state index in [2.05, 4.69) is 58.2 Å². The number of fused-ring (bicyclic) bond motifs is 1. The van der Waals surface area contributed by atoms with E-state index >= 15 is 0 Å². The van der Waals surface area contributed by atoms with Crippen molar-refractivity contribution in [1.82, 2.24) is 15.4 Å². The maximum Gasteiger partial charge on any atom is 0.243 e. The van der Waals surface area contributed by atoms with E-state index in [0.29, 0.717) is 6.42 Å². The third kappa shape index (κ3) is 5.10. The van der Waals surface area contributed by atoms with Gasteiger partial charge in [0.05, 0.1) is 17.6 Å². The number of hydrogen-bond acceptors (Lipinski definition) is 4. The fraction of sp³-hybridized carbons (Fsp3) is 0.364. The Kier molecular flexibility index (Phi) is 7.03. The molecule has 2 heterocycles. The summed E-state index contributed by atoms with van der Waals surface area (Å²) in [6, 6.07) is 12.6. The Morgan fingerprint density at radius 2 is 2.00 bits per heavy atom. The molecule has 3 N–H and O–H groups in total. The number of pyridine rings is 1. The Morgan fingerprint density at radius 3 is 2.75 bits per heavy atom. The van der Waals surface area contributed by atoms with Gasteiger partial charge in [-0.15, -0.1) is 0 Å². The highest BCUT2D eigenvalue weighted by molar-refractivity contribution is 5.84. The second kappa shape index (κ2) is 9.90. The highest BCUT2D eigenvalue weighted by Gasteiger charge is 2.07. The number of nitrogens with one attached hydrogen (secondary N) is 2. The summed E-state index contributed by atoms with van der Waals surface area (Å²) in [4.78, 5) is 21.2. The second-order valence-corrected chi connectivity index (χ2v) is 6.96. The van der Waals surface area contributed by atoms with Crippen LogP contribution < -0.4 is 10.4 Å². The van der Waals surface area contributed by atoms with Gasteiger partial charge in [-0.1, -0.05) is 25.0 Å². The third-order valence-electron chi connectivity index (χ3n) is 5.05. The summed E-state index contributed by atoms with van der Waals surface area (Å²) >= 11 is 0. The molecule has 0 unspecified atom stereocenters. The number of benzene rings is 1. The predicted molar refractivity (Wildman–Crippen MR) is 112 cm³/mol. The number of aromatic amines is 1. The predicted octanol–water partition coefficient (Wildman–Crippen LogP) is 4.51. The molecule has 0 radical (unpaired) electrons. The summed E-state index contributed by atoms with van der Waals surface area (Å²) in [5.41, 5.74) is 6.00. The number of carbonyl (C=O) groups excluding carboxylic acids is 1. The van der Waals surface area contributed by atoms with Crippen molar-refractivity contribution in [1.29, 1.82) is 0 Å². The number of H-pyrrole nitrogens is 1. The maximum absolute atomic E-state index is 11.0. The summed E-state index contributed by atoms with van der Waals surface area (Å²) in [5, 5.41) is 9.69. The fourth-order valence-electron chi connectivity index (χ4n) is 3.42. The van der Waals surface area contributed by atoms with E-state index in [4.69, 9.17) is 5.21 Å². The lowest BCUT2D eigenvalue weighted by Gasteiger charge is -2.23. The molecule has 0 fully saturated rings. The fourth-order valence-corrected chi connectivity index (χ4v) is 3.42. The molecule has 148 valence electrons. The monoisotopic (exact) mass is 380 g/mol. The molecule has 0 aliphatic carbocycles. The van der Waals surface area contributed by atoms with Crippen LogP contribution >= 0.6 is 0 Å². The smallest absolute Gasteiger partial charge is 0.243 e. The number of unbranched alkanes of at least 4 members (excludes halogenated alkanes) is 3. The Bertz CT molecular complexity index is 889. The van der Waals surface area contributed by atoms with Gasteiger partial charge in [-0.25, -0.2) is 5.48 Å². The van der Waals surface area contributed by atoms with Gasteiger partial charge in [-0.3, -0.25) is 15.0 Å². The molecule has 0 saturated heterocycles. The number of rotatable bonds is 10. The first kappa shape index (κ1) is 19.9. The molecule has 0 aliphatic rings. The van der Waals surface area contributed by atoms with Crippen LogP contribution in [-0.2, 0) is 4.79 Å². The normalized spacial score (nSPS) is 10.9. The largest absolute Gasteiger partial charge is 0.371 e. The highest BCUT2D eigenvalue weighted by Crippen LogP contribution is 2.24. The van der Waals surface area contributed by atoms with Gasteiger partial charge in [0.1, 0.15) is 0 Å². The van der Waals surface area contributed by atoms with Crippen LogP contribution in [0.3, 0.4) is 0 Å². The van der Waals surface area contributed by atoms with Crippen LogP contribution in [0.1, 0.15) is 39.0 Å². The van der Waals surface area contributed by atoms with Crippen molar-refractivity contribution in [2.24, 2.45) is 0 Å². The molecule has 6 heteroatoms. The van der Waals surface area contributed by atoms with Crippen molar-refractivity contribution in [3.05, 3.63) is 48.8 Å². The zero-order valence-electron chi connectivity index (χ0n) is 16.3. The van der Waals surface area contributed by atoms with Crippen molar-refractivity contribution in [3.63, 3.8) is 0 Å². The maximum atomic E-state index is 11.0. The molecule has 0 spiro atoms. The summed E-state index contributed by atoms with van der Waals surface area (Å²) in [6.07, 6.45) is 8.21. The zero-order chi connectivity index (χ0) is 19.8. The number of carbonyl (C=O) groups is 1. The van der Waals surface area contributed by atoms with Gasteiger partial charge >= 0.3 is 0 Å². The van der Waals surface area contributed by atoms with Crippen molar-refractivity contribution >= 4 is 22.5 Å². The van der Waals surface area contributed by atoms with Crippen LogP contribution in [0.4, 0.5) is 5.69 Å². The Morgan fingerprint density at radius 1 is 1.14 bits per heavy atom. The van der Waals surface area contributed by atoms with Crippen LogP contribution in [-0.4, -0.2) is 34.2 Å². The van der Waals surface area contributed by atoms with Crippen LogP contribution in [0.2, 0.25) is 0 Å². The van der Waals surface area contributed by atoms with E-state index in [1.165, 1.54) is 5.39 Å². The van der Waals surface area contributed by atoms with Gasteiger partial charge in [-0.05, 0) is 49.4 Å². The minimum atomic E-state index is -0.309. The van der Waals surface area contributed by atoms with Gasteiger partial charge in [-0.2, -0.15) is 0 Å². The van der Waals surface area contributed by atoms with Crippen molar-refractivity contribution < 1.29 is 10.0 Å². The molecule has 1 aromatic carbocycles. The summed E-state index contributed by atoms with van der Waals surface area (Å²) < 4.78 is 0. The first-order valence-corrected chi connectivity index (χ1v) is 9.92. The summed E-state index contributed by atoms with van der Waals surface area (Å²) in [5.74, 6) is -0.309. The van der Waals surface area contributed by atoms with Crippen molar-refractivity contribution in [2.45, 2.75) is 39.0 Å². The molecule has 28 heavy (non-hydrogen) atoms. The van der Waals surface area contributed by atoms with Gasteiger partial charge < -0.3 is 9.88 Å². The lowest BCUT2D eigenvalue weighted by atomic mass is 10.1. The molecule has 1 amide bonds. The number of hydroxylamine groups is 1. The number of anilines is 1. The molecule has 3 aromatic rings. The topological polar surface area (TPSA) is 81.3 Å². The van der Waals surface area contributed by atoms with Crippen molar-refractivity contribution in [2.75, 3.05) is 18.0 Å². The van der Waals surface area contributed by atoms with E-state index < -0.39 is 0 Å². The third-order valence-corrected chi connectivity index (χ3v) is 5.05. The van der Waals surface area contributed by atoms with E-state index in [1.807, 2.05) is 12.4 Å². The number of nitrogens with zero attached hydrogens (tertiary/aromatic N) is 2. The number of amides is 1. The lowest BCUT2D eigenvalue weighted by molar-refractivity contribution is -0.129. The van der Waals surface area contributed by atoms with Gasteiger partial charge in [0.2, 0.25) is 5.91 Å². The molecule has 2 aromatic heterocycles. The first-order valence-electron chi connectivity index (χ1n) is 9.92. The minimum absolute atomic E-state index is 0.309. The Labute approximate surface area is 165 Å². The van der Waals surface area contributed by atoms with Crippen LogP contribution in [0, 0.1) is 0 Å². The SMILES string of the molecule is CCN(CCCCCCC(=O)NO)c1ccc(-c2ccc3cc[nH]c3c2)nc1. The minimum Gasteiger partial charge on any atom is -0.371 e. The Hall–Kier alpha value is -2.86. The van der Waals surface area contributed by atoms with Gasteiger partial charge in [0.25, 0.3) is 0 Å². The Balaban J connectivity index is 1.52. The summed E-state index contributed by atoms with van der Waals surface area (Å²) in [7, 11) is 0. The standard InChI is InChI=1S/C22H28N4O2/c1-2-26(14-6-4-3-5-7-22(27)25-28)19-10-11-20(24-16-19)18-9-8-17-12-13-23-21(17)15-18/h8-13,15-16,23,28H,2-7,14H2,1H3,(H,25,27). The average Bonchev–Trinajstić information content (AvgIpc) is 3.21. The lowest BCUT2D eigenvalue weighted by Crippen LogP contribution is -2.24. The molecule has 0 bridgehead atoms. The molecule has 0 aliphatic heterocycles. The molecule has 0 atom stereocenters. The van der Waals surface area contributed by atoms with Crippen LogP contribution in [0.5, 0.6) is 0 Å². The van der Waals surface area contributed by atoms with E-state index in [9.17, 15) is 4.79 Å². The quantitative estimate of drug-likeness (QED) is 0.275. The van der Waals surface area contributed by atoms with E-state index in [0.717, 1.165) is 61.2 Å².